The van der Waals surface area contributed by atoms with Gasteiger partial charge in [0.05, 0.1) is 6.61 Å². The molecule has 18 heavy (non-hydrogen) atoms. The summed E-state index contributed by atoms with van der Waals surface area (Å²) in [4.78, 5) is 5.15. The highest BCUT2D eigenvalue weighted by Crippen LogP contribution is 2.20. The summed E-state index contributed by atoms with van der Waals surface area (Å²) in [6.07, 6.45) is 6.40. The Labute approximate surface area is 111 Å². The molecule has 2 rings (SSSR count). The lowest BCUT2D eigenvalue weighted by atomic mass is 9.96. The molecule has 0 spiro atoms. The number of aliphatic hydroxyl groups excluding tert-OH is 1. The molecule has 1 unspecified atom stereocenters. The van der Waals surface area contributed by atoms with Crippen LogP contribution in [0.3, 0.4) is 0 Å². The first kappa shape index (κ1) is 14.3. The fraction of sp³-hybridized carbons (Fsp3) is 1.00. The van der Waals surface area contributed by atoms with E-state index >= 15 is 0 Å². The van der Waals surface area contributed by atoms with E-state index in [4.69, 9.17) is 10.8 Å². The number of aliphatic hydroxyl groups is 1. The summed E-state index contributed by atoms with van der Waals surface area (Å²) in [7, 11) is 0. The Morgan fingerprint density at radius 2 is 1.72 bits per heavy atom. The maximum Gasteiger partial charge on any atom is 0.0583 e. The van der Waals surface area contributed by atoms with Gasteiger partial charge in [-0.15, -0.1) is 0 Å². The second-order valence-corrected chi connectivity index (χ2v) is 6.02. The molecule has 0 aromatic rings. The van der Waals surface area contributed by atoms with Crippen molar-refractivity contribution in [3.8, 4) is 0 Å². The van der Waals surface area contributed by atoms with E-state index in [9.17, 15) is 0 Å². The third kappa shape index (κ3) is 4.50. The van der Waals surface area contributed by atoms with Crippen molar-refractivity contribution in [1.29, 1.82) is 0 Å². The van der Waals surface area contributed by atoms with E-state index in [1.165, 1.54) is 58.4 Å². The van der Waals surface area contributed by atoms with E-state index in [1.54, 1.807) is 0 Å². The lowest BCUT2D eigenvalue weighted by Gasteiger charge is -2.34. The first-order chi connectivity index (χ1) is 8.78. The molecule has 2 heterocycles. The zero-order chi connectivity index (χ0) is 12.8. The zero-order valence-corrected chi connectivity index (χ0v) is 11.6. The normalized spacial score (nSPS) is 25.7. The molecule has 2 aliphatic heterocycles. The van der Waals surface area contributed by atoms with Gasteiger partial charge in [-0.25, -0.2) is 0 Å². The van der Waals surface area contributed by atoms with E-state index in [-0.39, 0.29) is 12.6 Å². The summed E-state index contributed by atoms with van der Waals surface area (Å²) in [6.45, 7) is 7.58. The topological polar surface area (TPSA) is 52.7 Å². The molecular weight excluding hydrogens is 226 g/mol. The first-order valence-electron chi connectivity index (χ1n) is 7.59. The number of likely N-dealkylation sites (tertiary alicyclic amines) is 2. The monoisotopic (exact) mass is 255 g/mol. The molecule has 4 nitrogen and oxygen atoms in total. The summed E-state index contributed by atoms with van der Waals surface area (Å²) in [5.41, 5.74) is 5.74. The number of nitrogens with zero attached hydrogens (tertiary/aromatic N) is 2. The van der Waals surface area contributed by atoms with Gasteiger partial charge in [-0.05, 0) is 70.7 Å². The summed E-state index contributed by atoms with van der Waals surface area (Å²) in [6, 6.07) is -0.0349. The maximum absolute atomic E-state index is 8.92. The van der Waals surface area contributed by atoms with E-state index in [0.29, 0.717) is 0 Å². The minimum absolute atomic E-state index is 0.0349. The van der Waals surface area contributed by atoms with Crippen LogP contribution in [0.25, 0.3) is 0 Å². The van der Waals surface area contributed by atoms with E-state index in [2.05, 4.69) is 9.80 Å². The molecule has 2 fully saturated rings. The van der Waals surface area contributed by atoms with Crippen molar-refractivity contribution in [1.82, 2.24) is 9.80 Å². The summed E-state index contributed by atoms with van der Waals surface area (Å²) >= 11 is 0. The highest BCUT2D eigenvalue weighted by Gasteiger charge is 2.22. The average molecular weight is 255 g/mol. The van der Waals surface area contributed by atoms with Crippen LogP contribution in [0.2, 0.25) is 0 Å². The predicted molar refractivity (Wildman–Crippen MR) is 74.5 cm³/mol. The van der Waals surface area contributed by atoms with Gasteiger partial charge in [0.25, 0.3) is 0 Å². The van der Waals surface area contributed by atoms with Gasteiger partial charge in [0, 0.05) is 12.6 Å². The molecule has 1 atom stereocenters. The molecule has 0 aliphatic carbocycles. The van der Waals surface area contributed by atoms with Crippen molar-refractivity contribution in [3.63, 3.8) is 0 Å². The molecular formula is C14H29N3O. The molecule has 106 valence electrons. The molecule has 0 radical (unpaired) electrons. The van der Waals surface area contributed by atoms with Crippen molar-refractivity contribution in [2.75, 3.05) is 45.9 Å². The third-order valence-corrected chi connectivity index (χ3v) is 4.47. The van der Waals surface area contributed by atoms with Crippen LogP contribution in [0.5, 0.6) is 0 Å². The van der Waals surface area contributed by atoms with Gasteiger partial charge in [0.2, 0.25) is 0 Å². The van der Waals surface area contributed by atoms with E-state index in [0.717, 1.165) is 18.9 Å². The largest absolute Gasteiger partial charge is 0.395 e. The molecule has 3 N–H and O–H groups in total. The molecule has 2 aliphatic rings. The van der Waals surface area contributed by atoms with Crippen LogP contribution in [0.4, 0.5) is 0 Å². The quantitative estimate of drug-likeness (QED) is 0.726. The standard InChI is InChI=1S/C14H29N3O/c15-14(12-18)5-10-16-8-3-13(4-9-16)11-17-6-1-2-7-17/h13-14,18H,1-12,15H2. The van der Waals surface area contributed by atoms with Gasteiger partial charge < -0.3 is 20.6 Å². The lowest BCUT2D eigenvalue weighted by molar-refractivity contribution is 0.146. The smallest absolute Gasteiger partial charge is 0.0583 e. The number of hydrogen-bond donors (Lipinski definition) is 2. The maximum atomic E-state index is 8.92. The summed E-state index contributed by atoms with van der Waals surface area (Å²) in [5, 5.41) is 8.92. The van der Waals surface area contributed by atoms with E-state index in [1.807, 2.05) is 0 Å². The second kappa shape index (κ2) is 7.43. The van der Waals surface area contributed by atoms with Crippen molar-refractivity contribution in [2.24, 2.45) is 11.7 Å². The van der Waals surface area contributed by atoms with Crippen LogP contribution < -0.4 is 5.73 Å². The molecule has 4 heteroatoms. The molecule has 0 bridgehead atoms. The number of hydrogen-bond acceptors (Lipinski definition) is 4. The molecule has 0 aromatic carbocycles. The average Bonchev–Trinajstić information content (AvgIpc) is 2.90. The predicted octanol–water partition coefficient (Wildman–Crippen LogP) is 0.504. The Hall–Kier alpha value is -0.160. The second-order valence-electron chi connectivity index (χ2n) is 6.02. The summed E-state index contributed by atoms with van der Waals surface area (Å²) < 4.78 is 0. The SMILES string of the molecule is NC(CO)CCN1CCC(CN2CCCC2)CC1. The summed E-state index contributed by atoms with van der Waals surface area (Å²) in [5.74, 6) is 0.908. The Morgan fingerprint density at radius 3 is 2.33 bits per heavy atom. The molecule has 0 saturated carbocycles. The number of nitrogens with two attached hydrogens (primary N) is 1. The number of rotatable bonds is 6. The zero-order valence-electron chi connectivity index (χ0n) is 11.6. The van der Waals surface area contributed by atoms with Crippen molar-refractivity contribution >= 4 is 0 Å². The Kier molecular flexibility index (Phi) is 5.89. The minimum atomic E-state index is -0.0349. The van der Waals surface area contributed by atoms with Gasteiger partial charge in [-0.1, -0.05) is 0 Å². The Bertz CT molecular complexity index is 223. The van der Waals surface area contributed by atoms with Crippen LogP contribution in [0.1, 0.15) is 32.1 Å². The van der Waals surface area contributed by atoms with Crippen molar-refractivity contribution in [2.45, 2.75) is 38.1 Å². The van der Waals surface area contributed by atoms with Gasteiger partial charge in [0.1, 0.15) is 0 Å². The highest BCUT2D eigenvalue weighted by atomic mass is 16.3. The van der Waals surface area contributed by atoms with Crippen LogP contribution in [0, 0.1) is 5.92 Å². The van der Waals surface area contributed by atoms with Gasteiger partial charge in [0.15, 0.2) is 0 Å². The van der Waals surface area contributed by atoms with Crippen molar-refractivity contribution < 1.29 is 5.11 Å². The minimum Gasteiger partial charge on any atom is -0.395 e. The molecule has 0 amide bonds. The van der Waals surface area contributed by atoms with Crippen molar-refractivity contribution in [3.05, 3.63) is 0 Å². The fourth-order valence-corrected chi connectivity index (χ4v) is 3.16. The van der Waals surface area contributed by atoms with Gasteiger partial charge in [-0.3, -0.25) is 0 Å². The van der Waals surface area contributed by atoms with Gasteiger partial charge >= 0.3 is 0 Å². The third-order valence-electron chi connectivity index (χ3n) is 4.47. The molecule has 2 saturated heterocycles. The van der Waals surface area contributed by atoms with E-state index < -0.39 is 0 Å². The van der Waals surface area contributed by atoms with Gasteiger partial charge in [-0.2, -0.15) is 0 Å². The highest BCUT2D eigenvalue weighted by molar-refractivity contribution is 4.77. The molecule has 0 aromatic heterocycles. The fourth-order valence-electron chi connectivity index (χ4n) is 3.16. The Balaban J connectivity index is 1.58. The van der Waals surface area contributed by atoms with Crippen LogP contribution >= 0.6 is 0 Å². The van der Waals surface area contributed by atoms with Crippen LogP contribution in [-0.2, 0) is 0 Å². The Morgan fingerprint density at radius 1 is 1.06 bits per heavy atom. The lowest BCUT2D eigenvalue weighted by Crippen LogP contribution is -2.40. The van der Waals surface area contributed by atoms with Crippen LogP contribution in [0.15, 0.2) is 0 Å². The van der Waals surface area contributed by atoms with Crippen LogP contribution in [-0.4, -0.2) is 66.8 Å². The first-order valence-corrected chi connectivity index (χ1v) is 7.59. The number of piperidine rings is 1.